The lowest BCUT2D eigenvalue weighted by atomic mass is 10.0. The number of halogens is 2. The highest BCUT2D eigenvalue weighted by atomic mass is 35.5. The number of nitrogens with zero attached hydrogens (tertiary/aromatic N) is 2. The number of likely N-dealkylation sites (tertiary alicyclic amines) is 1. The first-order chi connectivity index (χ1) is 12.1. The number of para-hydroxylation sites is 1. The van der Waals surface area contributed by atoms with E-state index < -0.39 is 5.82 Å². The highest BCUT2D eigenvalue weighted by Crippen LogP contribution is 2.32. The summed E-state index contributed by atoms with van der Waals surface area (Å²) in [6.07, 6.45) is 0.863. The molecule has 1 atom stereocenters. The number of benzene rings is 2. The van der Waals surface area contributed by atoms with Gasteiger partial charge in [-0.25, -0.2) is 4.39 Å². The maximum Gasteiger partial charge on any atom is 0.258 e. The molecule has 1 fully saturated rings. The normalized spacial score (nSPS) is 17.4. The van der Waals surface area contributed by atoms with Crippen molar-refractivity contribution in [2.75, 3.05) is 13.1 Å². The molecule has 1 saturated heterocycles. The fourth-order valence-electron chi connectivity index (χ4n) is 3.75. The van der Waals surface area contributed by atoms with E-state index in [0.29, 0.717) is 13.1 Å². The smallest absolute Gasteiger partial charge is 0.258 e. The summed E-state index contributed by atoms with van der Waals surface area (Å²) in [6, 6.07) is 14.8. The fourth-order valence-corrected chi connectivity index (χ4v) is 3.99. The molecule has 1 unspecified atom stereocenters. The minimum atomic E-state index is -0.564. The van der Waals surface area contributed by atoms with Gasteiger partial charge in [-0.15, -0.1) is 0 Å². The van der Waals surface area contributed by atoms with Crippen molar-refractivity contribution >= 4 is 28.4 Å². The summed E-state index contributed by atoms with van der Waals surface area (Å²) in [4.78, 5) is 14.4. The van der Waals surface area contributed by atoms with Crippen molar-refractivity contribution in [2.45, 2.75) is 12.3 Å². The van der Waals surface area contributed by atoms with Crippen LogP contribution >= 0.6 is 11.6 Å². The molecule has 4 rings (SSSR count). The van der Waals surface area contributed by atoms with E-state index in [-0.39, 0.29) is 22.4 Å². The zero-order chi connectivity index (χ0) is 17.6. The fraction of sp³-hybridized carbons (Fsp3) is 0.250. The number of fused-ring (bicyclic) bond motifs is 1. The van der Waals surface area contributed by atoms with Crippen LogP contribution in [0.15, 0.2) is 48.5 Å². The van der Waals surface area contributed by atoms with E-state index in [9.17, 15) is 9.18 Å². The van der Waals surface area contributed by atoms with Gasteiger partial charge in [0.2, 0.25) is 0 Å². The van der Waals surface area contributed by atoms with Gasteiger partial charge in [0.25, 0.3) is 5.91 Å². The number of carbonyl (C=O) groups excluding carboxylic acids is 1. The summed E-state index contributed by atoms with van der Waals surface area (Å²) in [7, 11) is 2.05. The molecule has 1 aromatic heterocycles. The Morgan fingerprint density at radius 2 is 2.00 bits per heavy atom. The molecule has 25 heavy (non-hydrogen) atoms. The number of rotatable bonds is 2. The highest BCUT2D eigenvalue weighted by Gasteiger charge is 2.31. The molecule has 128 valence electrons. The van der Waals surface area contributed by atoms with E-state index >= 15 is 0 Å². The summed E-state index contributed by atoms with van der Waals surface area (Å²) in [5.41, 5.74) is 2.36. The average molecular weight is 357 g/mol. The molecule has 0 saturated carbocycles. The van der Waals surface area contributed by atoms with Gasteiger partial charge in [0.1, 0.15) is 5.82 Å². The second-order valence-electron chi connectivity index (χ2n) is 6.52. The van der Waals surface area contributed by atoms with Crippen molar-refractivity contribution in [2.24, 2.45) is 7.05 Å². The molecule has 2 heterocycles. The zero-order valence-electron chi connectivity index (χ0n) is 13.9. The number of aryl methyl sites for hydroxylation is 1. The number of aromatic nitrogens is 1. The largest absolute Gasteiger partial charge is 0.347 e. The van der Waals surface area contributed by atoms with Crippen LogP contribution in [0.1, 0.15) is 28.4 Å². The van der Waals surface area contributed by atoms with E-state index in [0.717, 1.165) is 6.42 Å². The molecular weight excluding hydrogens is 339 g/mol. The van der Waals surface area contributed by atoms with Gasteiger partial charge in [-0.1, -0.05) is 35.9 Å². The third kappa shape index (κ3) is 2.71. The Balaban J connectivity index is 1.61. The minimum absolute atomic E-state index is 0.0261. The predicted octanol–water partition coefficient (Wildman–Crippen LogP) is 4.60. The molecule has 1 amide bonds. The van der Waals surface area contributed by atoms with Crippen LogP contribution in [0, 0.1) is 5.82 Å². The summed E-state index contributed by atoms with van der Waals surface area (Å²) >= 11 is 6.04. The zero-order valence-corrected chi connectivity index (χ0v) is 14.6. The third-order valence-electron chi connectivity index (χ3n) is 5.06. The van der Waals surface area contributed by atoms with Gasteiger partial charge in [-0.3, -0.25) is 4.79 Å². The molecule has 0 spiro atoms. The Hall–Kier alpha value is -2.33. The summed E-state index contributed by atoms with van der Waals surface area (Å²) in [6.45, 7) is 1.18. The first-order valence-electron chi connectivity index (χ1n) is 8.34. The quantitative estimate of drug-likeness (QED) is 0.658. The first-order valence-corrected chi connectivity index (χ1v) is 8.71. The number of amides is 1. The molecular formula is C20H18ClFN2O. The Bertz CT molecular complexity index is 945. The van der Waals surface area contributed by atoms with E-state index in [1.807, 2.05) is 12.1 Å². The molecule has 0 bridgehead atoms. The van der Waals surface area contributed by atoms with E-state index in [4.69, 9.17) is 11.6 Å². The van der Waals surface area contributed by atoms with Gasteiger partial charge < -0.3 is 9.47 Å². The van der Waals surface area contributed by atoms with Crippen molar-refractivity contribution in [1.82, 2.24) is 9.47 Å². The first kappa shape index (κ1) is 16.2. The molecule has 0 N–H and O–H groups in total. The average Bonchev–Trinajstić information content (AvgIpc) is 3.20. The highest BCUT2D eigenvalue weighted by molar-refractivity contribution is 6.33. The van der Waals surface area contributed by atoms with Crippen LogP contribution in [0.4, 0.5) is 4.39 Å². The van der Waals surface area contributed by atoms with Crippen molar-refractivity contribution in [3.63, 3.8) is 0 Å². The topological polar surface area (TPSA) is 25.2 Å². The van der Waals surface area contributed by atoms with Gasteiger partial charge >= 0.3 is 0 Å². The monoisotopic (exact) mass is 356 g/mol. The Kier molecular flexibility index (Phi) is 4.00. The van der Waals surface area contributed by atoms with Crippen LogP contribution in [-0.2, 0) is 7.05 Å². The summed E-state index contributed by atoms with van der Waals surface area (Å²) < 4.78 is 16.2. The lowest BCUT2D eigenvalue weighted by molar-refractivity contribution is 0.0786. The maximum absolute atomic E-state index is 14.0. The lowest BCUT2D eigenvalue weighted by Gasteiger charge is -2.18. The molecule has 1 aliphatic rings. The van der Waals surface area contributed by atoms with Crippen molar-refractivity contribution in [3.05, 3.63) is 70.6 Å². The van der Waals surface area contributed by atoms with Gasteiger partial charge in [0.15, 0.2) is 0 Å². The van der Waals surface area contributed by atoms with Crippen molar-refractivity contribution in [1.29, 1.82) is 0 Å². The molecule has 0 aliphatic carbocycles. The minimum Gasteiger partial charge on any atom is -0.347 e. The van der Waals surface area contributed by atoms with Gasteiger partial charge in [-0.05, 0) is 36.1 Å². The number of carbonyl (C=O) groups is 1. The molecule has 1 aliphatic heterocycles. The van der Waals surface area contributed by atoms with Gasteiger partial charge in [0.05, 0.1) is 10.6 Å². The van der Waals surface area contributed by atoms with Crippen molar-refractivity contribution in [3.8, 4) is 0 Å². The van der Waals surface area contributed by atoms with Crippen LogP contribution < -0.4 is 0 Å². The second-order valence-corrected chi connectivity index (χ2v) is 6.93. The standard InChI is InChI=1S/C20H18ClFN2O/c1-23-17-8-3-2-5-13(17)11-18(23)14-9-10-24(12-14)20(25)19-15(21)6-4-7-16(19)22/h2-8,11,14H,9-10,12H2,1H3. The molecule has 3 aromatic rings. The molecule has 0 radical (unpaired) electrons. The lowest BCUT2D eigenvalue weighted by Crippen LogP contribution is -2.29. The van der Waals surface area contributed by atoms with Crippen LogP contribution in [0.5, 0.6) is 0 Å². The Morgan fingerprint density at radius 3 is 2.76 bits per heavy atom. The van der Waals surface area contributed by atoms with E-state index in [2.05, 4.69) is 29.8 Å². The van der Waals surface area contributed by atoms with E-state index in [1.165, 1.54) is 28.7 Å². The van der Waals surface area contributed by atoms with E-state index in [1.54, 1.807) is 11.0 Å². The van der Waals surface area contributed by atoms with Crippen LogP contribution in [0.2, 0.25) is 5.02 Å². The predicted molar refractivity (Wildman–Crippen MR) is 97.6 cm³/mol. The molecule has 2 aromatic carbocycles. The maximum atomic E-state index is 14.0. The Labute approximate surface area is 150 Å². The third-order valence-corrected chi connectivity index (χ3v) is 5.37. The molecule has 3 nitrogen and oxygen atoms in total. The SMILES string of the molecule is Cn1c(C2CCN(C(=O)c3c(F)cccc3Cl)C2)cc2ccccc21. The number of hydrogen-bond donors (Lipinski definition) is 0. The van der Waals surface area contributed by atoms with Crippen LogP contribution in [0.25, 0.3) is 10.9 Å². The van der Waals surface area contributed by atoms with Crippen molar-refractivity contribution < 1.29 is 9.18 Å². The van der Waals surface area contributed by atoms with Crippen LogP contribution in [-0.4, -0.2) is 28.5 Å². The number of hydrogen-bond acceptors (Lipinski definition) is 1. The second kappa shape index (κ2) is 6.19. The van der Waals surface area contributed by atoms with Gasteiger partial charge in [-0.2, -0.15) is 0 Å². The summed E-state index contributed by atoms with van der Waals surface area (Å²) in [5, 5.41) is 1.36. The molecule has 5 heteroatoms. The Morgan fingerprint density at radius 1 is 1.20 bits per heavy atom. The van der Waals surface area contributed by atoms with Gasteiger partial charge in [0, 0.05) is 37.3 Å². The summed E-state index contributed by atoms with van der Waals surface area (Å²) in [5.74, 6) is -0.651. The van der Waals surface area contributed by atoms with Crippen LogP contribution in [0.3, 0.4) is 0 Å².